The van der Waals surface area contributed by atoms with Crippen molar-refractivity contribution < 1.29 is 0 Å². The fraction of sp³-hybridized carbons (Fsp3) is 0.250. The molecular formula is C32H32N6S3. The minimum Gasteiger partial charge on any atom is -0.303 e. The van der Waals surface area contributed by atoms with Crippen molar-refractivity contribution in [3.05, 3.63) is 106 Å². The second-order valence-corrected chi connectivity index (χ2v) is 12.0. The molecule has 1 N–H and O–H groups in total. The maximum Gasteiger partial charge on any atom is 0.191 e. The highest BCUT2D eigenvalue weighted by atomic mass is 32.2. The first-order valence-corrected chi connectivity index (χ1v) is 15.8. The van der Waals surface area contributed by atoms with E-state index in [4.69, 9.17) is 29.4 Å². The van der Waals surface area contributed by atoms with Gasteiger partial charge in [0.25, 0.3) is 0 Å². The number of piperidine rings is 1. The van der Waals surface area contributed by atoms with E-state index in [1.807, 2.05) is 105 Å². The molecule has 6 nitrogen and oxygen atoms in total. The Labute approximate surface area is 254 Å². The molecule has 0 amide bonds. The average molecular weight is 597 g/mol. The minimum atomic E-state index is 0.300. The van der Waals surface area contributed by atoms with Crippen LogP contribution >= 0.6 is 36.2 Å². The van der Waals surface area contributed by atoms with Gasteiger partial charge in [0.05, 0.1) is 5.39 Å². The molecule has 41 heavy (non-hydrogen) atoms. The quantitative estimate of drug-likeness (QED) is 0.0870. The SMILES string of the molecule is N=c1c2c(=S)n(-c3ccccc3)c(=S)n(-c3ccccc3)c2nc(SCCCN2CCCCC2)n1-c1ccccc1. The lowest BCUT2D eigenvalue weighted by molar-refractivity contribution is 0.230. The number of nitrogens with zero attached hydrogens (tertiary/aromatic N) is 5. The third-order valence-electron chi connectivity index (χ3n) is 7.43. The van der Waals surface area contributed by atoms with Gasteiger partial charge >= 0.3 is 0 Å². The number of hydrogen-bond acceptors (Lipinski definition) is 6. The monoisotopic (exact) mass is 596 g/mol. The van der Waals surface area contributed by atoms with Crippen LogP contribution in [0.25, 0.3) is 28.1 Å². The Hall–Kier alpha value is -3.37. The van der Waals surface area contributed by atoms with Crippen LogP contribution < -0.4 is 5.49 Å². The lowest BCUT2D eigenvalue weighted by atomic mass is 10.1. The topological polar surface area (TPSA) is 54.8 Å². The Morgan fingerprint density at radius 1 is 0.707 bits per heavy atom. The highest BCUT2D eigenvalue weighted by Gasteiger charge is 2.19. The number of benzene rings is 3. The molecule has 2 aromatic heterocycles. The van der Waals surface area contributed by atoms with Crippen molar-refractivity contribution in [1.82, 2.24) is 23.6 Å². The van der Waals surface area contributed by atoms with Gasteiger partial charge in [-0.3, -0.25) is 19.1 Å². The van der Waals surface area contributed by atoms with Crippen LogP contribution in [0.3, 0.4) is 0 Å². The maximum absolute atomic E-state index is 9.56. The Morgan fingerprint density at radius 2 is 1.24 bits per heavy atom. The molecule has 0 aliphatic carbocycles. The molecule has 0 radical (unpaired) electrons. The molecule has 1 fully saturated rings. The van der Waals surface area contributed by atoms with Crippen molar-refractivity contribution in [2.75, 3.05) is 25.4 Å². The van der Waals surface area contributed by atoms with Crippen molar-refractivity contribution >= 4 is 47.2 Å². The van der Waals surface area contributed by atoms with Gasteiger partial charge in [0.1, 0.15) is 10.1 Å². The molecule has 0 saturated carbocycles. The number of para-hydroxylation sites is 3. The lowest BCUT2D eigenvalue weighted by Crippen LogP contribution is -2.30. The zero-order valence-corrected chi connectivity index (χ0v) is 25.2. The number of hydrogen-bond donors (Lipinski definition) is 1. The van der Waals surface area contributed by atoms with Crippen LogP contribution in [0.4, 0.5) is 0 Å². The number of aromatic nitrogens is 4. The molecule has 1 saturated heterocycles. The normalized spacial score (nSPS) is 14.0. The van der Waals surface area contributed by atoms with Crippen molar-refractivity contribution in [2.45, 2.75) is 30.8 Å². The molecular weight excluding hydrogens is 565 g/mol. The minimum absolute atomic E-state index is 0.300. The van der Waals surface area contributed by atoms with Gasteiger partial charge in [0, 0.05) is 22.8 Å². The smallest absolute Gasteiger partial charge is 0.191 e. The van der Waals surface area contributed by atoms with E-state index >= 15 is 0 Å². The predicted molar refractivity (Wildman–Crippen MR) is 173 cm³/mol. The van der Waals surface area contributed by atoms with E-state index in [0.29, 0.717) is 25.9 Å². The molecule has 5 aromatic rings. The van der Waals surface area contributed by atoms with Crippen molar-refractivity contribution in [3.8, 4) is 17.1 Å². The third kappa shape index (κ3) is 5.72. The molecule has 1 aliphatic heterocycles. The van der Waals surface area contributed by atoms with E-state index in [1.54, 1.807) is 11.8 Å². The number of nitrogens with one attached hydrogen (secondary N) is 1. The van der Waals surface area contributed by atoms with E-state index in [9.17, 15) is 5.41 Å². The fourth-order valence-corrected chi connectivity index (χ4v) is 7.18. The highest BCUT2D eigenvalue weighted by Crippen LogP contribution is 2.26. The number of rotatable bonds is 8. The van der Waals surface area contributed by atoms with Crippen LogP contribution in [0.1, 0.15) is 25.7 Å². The van der Waals surface area contributed by atoms with Crippen LogP contribution in [0.15, 0.2) is 96.2 Å². The van der Waals surface area contributed by atoms with Gasteiger partial charge in [-0.15, -0.1) is 0 Å². The van der Waals surface area contributed by atoms with Crippen molar-refractivity contribution in [1.29, 1.82) is 5.41 Å². The Balaban J connectivity index is 1.56. The van der Waals surface area contributed by atoms with Crippen molar-refractivity contribution in [3.63, 3.8) is 0 Å². The summed E-state index contributed by atoms with van der Waals surface area (Å²) in [4.78, 5) is 7.81. The van der Waals surface area contributed by atoms with Crippen LogP contribution in [0.2, 0.25) is 0 Å². The third-order valence-corrected chi connectivity index (χ3v) is 9.21. The summed E-state index contributed by atoms with van der Waals surface area (Å²) >= 11 is 13.9. The second-order valence-electron chi connectivity index (χ2n) is 10.1. The Bertz CT molecular complexity index is 1820. The summed E-state index contributed by atoms with van der Waals surface area (Å²) in [6, 6.07) is 29.9. The van der Waals surface area contributed by atoms with E-state index in [2.05, 4.69) is 4.90 Å². The summed E-state index contributed by atoms with van der Waals surface area (Å²) < 4.78 is 6.76. The van der Waals surface area contributed by atoms with Gasteiger partial charge in [-0.25, -0.2) is 4.98 Å². The summed E-state index contributed by atoms with van der Waals surface area (Å²) in [6.07, 6.45) is 5.00. The summed E-state index contributed by atoms with van der Waals surface area (Å²) in [7, 11) is 0. The standard InChI is InChI=1S/C32H32N6S3/c33-28-27-29(37(25-16-7-2-8-17-25)32(40)38(30(27)39)26-18-9-3-10-19-26)34-31(36(28)24-14-5-1-6-15-24)41-23-13-22-35-20-11-4-12-21-35/h1-3,5-10,14-19,33H,4,11-13,20-23H2. The molecule has 3 aromatic carbocycles. The first kappa shape index (κ1) is 27.8. The summed E-state index contributed by atoms with van der Waals surface area (Å²) in [5.74, 6) is 0.908. The van der Waals surface area contributed by atoms with Crippen LogP contribution in [-0.2, 0) is 0 Å². The molecule has 0 atom stereocenters. The average Bonchev–Trinajstić information content (AvgIpc) is 3.01. The lowest BCUT2D eigenvalue weighted by Gasteiger charge is -2.26. The van der Waals surface area contributed by atoms with Gasteiger partial charge < -0.3 is 4.90 Å². The van der Waals surface area contributed by atoms with Crippen LogP contribution in [0, 0.1) is 14.8 Å². The van der Waals surface area contributed by atoms with E-state index in [0.717, 1.165) is 40.9 Å². The Kier molecular flexibility index (Phi) is 8.57. The van der Waals surface area contributed by atoms with E-state index in [-0.39, 0.29) is 0 Å². The second kappa shape index (κ2) is 12.7. The summed E-state index contributed by atoms with van der Waals surface area (Å²) in [5, 5.41) is 10.9. The Morgan fingerprint density at radius 3 is 1.83 bits per heavy atom. The zero-order valence-electron chi connectivity index (χ0n) is 22.8. The van der Waals surface area contributed by atoms with Crippen LogP contribution in [0.5, 0.6) is 0 Å². The van der Waals surface area contributed by atoms with Gasteiger partial charge in [-0.05, 0) is 87.5 Å². The number of fused-ring (bicyclic) bond motifs is 1. The number of likely N-dealkylation sites (tertiary alicyclic amines) is 1. The summed E-state index contributed by atoms with van der Waals surface area (Å²) in [5.41, 5.74) is 3.53. The molecule has 3 heterocycles. The van der Waals surface area contributed by atoms with Crippen LogP contribution in [-0.4, -0.2) is 49.0 Å². The number of thioether (sulfide) groups is 1. The highest BCUT2D eigenvalue weighted by molar-refractivity contribution is 7.99. The summed E-state index contributed by atoms with van der Waals surface area (Å²) in [6.45, 7) is 3.48. The van der Waals surface area contributed by atoms with E-state index in [1.165, 1.54) is 32.4 Å². The maximum atomic E-state index is 9.56. The van der Waals surface area contributed by atoms with E-state index < -0.39 is 0 Å². The first-order valence-electron chi connectivity index (χ1n) is 14.0. The zero-order chi connectivity index (χ0) is 28.2. The van der Waals surface area contributed by atoms with Gasteiger partial charge in [0.2, 0.25) is 0 Å². The van der Waals surface area contributed by atoms with Gasteiger partial charge in [-0.2, -0.15) is 0 Å². The largest absolute Gasteiger partial charge is 0.303 e. The molecule has 1 aliphatic rings. The molecule has 0 unspecified atom stereocenters. The molecule has 0 bridgehead atoms. The molecule has 208 valence electrons. The molecule has 0 spiro atoms. The fourth-order valence-electron chi connectivity index (χ4n) is 5.42. The molecule has 9 heteroatoms. The van der Waals surface area contributed by atoms with Gasteiger partial charge in [0.15, 0.2) is 15.6 Å². The molecule has 6 rings (SSSR count). The predicted octanol–water partition coefficient (Wildman–Crippen LogP) is 7.51. The first-order chi connectivity index (χ1) is 20.1. The van der Waals surface area contributed by atoms with Crippen molar-refractivity contribution in [2.24, 2.45) is 0 Å². The van der Waals surface area contributed by atoms with Gasteiger partial charge in [-0.1, -0.05) is 85.0 Å².